The topological polar surface area (TPSA) is 59.0 Å². The second kappa shape index (κ2) is 6.54. The van der Waals surface area contributed by atoms with Crippen LogP contribution in [0.1, 0.15) is 44.3 Å². The molecule has 5 nitrogen and oxygen atoms in total. The number of carbonyl (C=O) groups excluding carboxylic acids is 1. The van der Waals surface area contributed by atoms with Gasteiger partial charge in [0.15, 0.2) is 0 Å². The molecule has 0 aromatic carbocycles. The number of aromatic nitrogens is 2. The number of hydrogen-bond acceptors (Lipinski definition) is 3. The molecule has 1 aliphatic rings. The molecule has 0 radical (unpaired) electrons. The predicted octanol–water partition coefficient (Wildman–Crippen LogP) is 1.22. The molecule has 1 fully saturated rings. The third-order valence-corrected chi connectivity index (χ3v) is 3.31. The first-order valence-corrected chi connectivity index (χ1v) is 6.81. The molecule has 1 unspecified atom stereocenters. The van der Waals surface area contributed by atoms with Crippen LogP contribution in [0.4, 0.5) is 0 Å². The third kappa shape index (κ3) is 3.32. The van der Waals surface area contributed by atoms with Crippen LogP contribution in [0.25, 0.3) is 0 Å². The van der Waals surface area contributed by atoms with Crippen molar-refractivity contribution in [2.24, 2.45) is 0 Å². The fraction of sp³-hybridized carbons (Fsp3) is 0.692. The quantitative estimate of drug-likeness (QED) is 0.798. The van der Waals surface area contributed by atoms with Crippen LogP contribution in [0.15, 0.2) is 12.5 Å². The molecule has 1 amide bonds. The van der Waals surface area contributed by atoms with Crippen molar-refractivity contribution in [3.05, 3.63) is 18.2 Å². The van der Waals surface area contributed by atoms with Gasteiger partial charge in [-0.1, -0.05) is 6.92 Å². The van der Waals surface area contributed by atoms with E-state index in [1.807, 2.05) is 12.5 Å². The van der Waals surface area contributed by atoms with Crippen molar-refractivity contribution >= 4 is 5.91 Å². The number of aryl methyl sites for hydroxylation is 1. The van der Waals surface area contributed by atoms with E-state index in [0.29, 0.717) is 19.0 Å². The van der Waals surface area contributed by atoms with E-state index in [1.54, 1.807) is 0 Å². The summed E-state index contributed by atoms with van der Waals surface area (Å²) in [6, 6.07) is 0.409. The van der Waals surface area contributed by atoms with Crippen LogP contribution in [0.3, 0.4) is 0 Å². The first-order valence-electron chi connectivity index (χ1n) is 6.81. The lowest BCUT2D eigenvalue weighted by molar-refractivity contribution is -0.121. The normalized spacial score (nSPS) is 19.1. The van der Waals surface area contributed by atoms with Gasteiger partial charge >= 0.3 is 0 Å². The van der Waals surface area contributed by atoms with Crippen molar-refractivity contribution in [1.29, 1.82) is 0 Å². The van der Waals surface area contributed by atoms with Crippen LogP contribution in [-0.4, -0.2) is 28.5 Å². The van der Waals surface area contributed by atoms with E-state index in [-0.39, 0.29) is 5.91 Å². The molecule has 0 aliphatic carbocycles. The van der Waals surface area contributed by atoms with E-state index in [2.05, 4.69) is 27.1 Å². The second-order valence-corrected chi connectivity index (χ2v) is 4.76. The minimum absolute atomic E-state index is 0.121. The highest BCUT2D eigenvalue weighted by Gasteiger charge is 2.19. The fourth-order valence-corrected chi connectivity index (χ4v) is 2.32. The van der Waals surface area contributed by atoms with Crippen LogP contribution in [0.2, 0.25) is 0 Å². The molecule has 1 aliphatic heterocycles. The van der Waals surface area contributed by atoms with Gasteiger partial charge < -0.3 is 15.2 Å². The van der Waals surface area contributed by atoms with Crippen LogP contribution in [0, 0.1) is 0 Å². The highest BCUT2D eigenvalue weighted by Crippen LogP contribution is 2.22. The molecular weight excluding hydrogens is 228 g/mol. The molecule has 18 heavy (non-hydrogen) atoms. The maximum atomic E-state index is 11.6. The molecule has 2 heterocycles. The molecule has 2 N–H and O–H groups in total. The third-order valence-electron chi connectivity index (χ3n) is 3.31. The van der Waals surface area contributed by atoms with E-state index in [4.69, 9.17) is 0 Å². The molecule has 100 valence electrons. The molecule has 5 heteroatoms. The largest absolute Gasteiger partial charge is 0.356 e. The van der Waals surface area contributed by atoms with Crippen molar-refractivity contribution in [1.82, 2.24) is 20.2 Å². The molecule has 1 atom stereocenters. The lowest BCUT2D eigenvalue weighted by atomic mass is 10.2. The van der Waals surface area contributed by atoms with E-state index in [0.717, 1.165) is 25.9 Å². The number of nitrogens with zero attached hydrogens (tertiary/aromatic N) is 2. The van der Waals surface area contributed by atoms with Gasteiger partial charge in [0, 0.05) is 31.7 Å². The standard InChI is InChI=1S/C13H22N4O/c1-2-6-16-13(18)5-8-17-10-14-9-12(17)11-4-3-7-15-11/h9-11,15H,2-8H2,1H3,(H,16,18). The zero-order chi connectivity index (χ0) is 12.8. The van der Waals surface area contributed by atoms with Crippen LogP contribution < -0.4 is 10.6 Å². The average molecular weight is 250 g/mol. The zero-order valence-electron chi connectivity index (χ0n) is 11.0. The summed E-state index contributed by atoms with van der Waals surface area (Å²) in [6.07, 6.45) is 7.61. The molecule has 1 aromatic heterocycles. The minimum Gasteiger partial charge on any atom is -0.356 e. The first kappa shape index (κ1) is 13.1. The number of carbonyl (C=O) groups is 1. The van der Waals surface area contributed by atoms with Crippen LogP contribution >= 0.6 is 0 Å². The van der Waals surface area contributed by atoms with E-state index in [1.165, 1.54) is 12.1 Å². The Hall–Kier alpha value is -1.36. The average Bonchev–Trinajstić information content (AvgIpc) is 3.03. The Bertz CT molecular complexity index is 382. The number of hydrogen-bond donors (Lipinski definition) is 2. The molecule has 0 bridgehead atoms. The molecule has 2 rings (SSSR count). The first-order chi connectivity index (χ1) is 8.81. The molecule has 1 aromatic rings. The smallest absolute Gasteiger partial charge is 0.221 e. The zero-order valence-corrected chi connectivity index (χ0v) is 11.0. The summed E-state index contributed by atoms with van der Waals surface area (Å²) in [6.45, 7) is 4.61. The Labute approximate surface area is 108 Å². The van der Waals surface area contributed by atoms with Crippen LogP contribution in [-0.2, 0) is 11.3 Å². The monoisotopic (exact) mass is 250 g/mol. The van der Waals surface area contributed by atoms with Gasteiger partial charge in [-0.25, -0.2) is 4.98 Å². The van der Waals surface area contributed by atoms with Crippen molar-refractivity contribution in [3.8, 4) is 0 Å². The lowest BCUT2D eigenvalue weighted by Gasteiger charge is -2.13. The Morgan fingerprint density at radius 2 is 2.56 bits per heavy atom. The number of nitrogens with one attached hydrogen (secondary N) is 2. The maximum absolute atomic E-state index is 11.6. The SMILES string of the molecule is CCCNC(=O)CCn1cncc1C1CCCN1. The molecule has 0 saturated carbocycles. The molecular formula is C13H22N4O. The summed E-state index contributed by atoms with van der Waals surface area (Å²) in [5.74, 6) is 0.121. The van der Waals surface area contributed by atoms with Crippen molar-refractivity contribution in [3.63, 3.8) is 0 Å². The number of amides is 1. The van der Waals surface area contributed by atoms with Crippen LogP contribution in [0.5, 0.6) is 0 Å². The second-order valence-electron chi connectivity index (χ2n) is 4.76. The van der Waals surface area contributed by atoms with Gasteiger partial charge in [0.25, 0.3) is 0 Å². The van der Waals surface area contributed by atoms with Gasteiger partial charge in [0.1, 0.15) is 0 Å². The van der Waals surface area contributed by atoms with E-state index in [9.17, 15) is 4.79 Å². The Morgan fingerprint density at radius 1 is 1.67 bits per heavy atom. The maximum Gasteiger partial charge on any atom is 0.221 e. The highest BCUT2D eigenvalue weighted by atomic mass is 16.1. The number of imidazole rings is 1. The van der Waals surface area contributed by atoms with Crippen molar-refractivity contribution in [2.75, 3.05) is 13.1 Å². The van der Waals surface area contributed by atoms with Gasteiger partial charge in [-0.2, -0.15) is 0 Å². The van der Waals surface area contributed by atoms with E-state index < -0.39 is 0 Å². The summed E-state index contributed by atoms with van der Waals surface area (Å²) >= 11 is 0. The van der Waals surface area contributed by atoms with Crippen molar-refractivity contribution < 1.29 is 4.79 Å². The van der Waals surface area contributed by atoms with Gasteiger partial charge in [0.05, 0.1) is 12.0 Å². The highest BCUT2D eigenvalue weighted by molar-refractivity contribution is 5.75. The summed E-state index contributed by atoms with van der Waals surface area (Å²) in [7, 11) is 0. The summed E-state index contributed by atoms with van der Waals surface area (Å²) in [4.78, 5) is 15.8. The fourth-order valence-electron chi connectivity index (χ4n) is 2.32. The van der Waals surface area contributed by atoms with E-state index >= 15 is 0 Å². The Balaban J connectivity index is 1.85. The van der Waals surface area contributed by atoms with Gasteiger partial charge in [-0.15, -0.1) is 0 Å². The predicted molar refractivity (Wildman–Crippen MR) is 70.1 cm³/mol. The summed E-state index contributed by atoms with van der Waals surface area (Å²) in [5, 5.41) is 6.36. The summed E-state index contributed by atoms with van der Waals surface area (Å²) < 4.78 is 2.09. The van der Waals surface area contributed by atoms with Gasteiger partial charge in [0.2, 0.25) is 5.91 Å². The van der Waals surface area contributed by atoms with Gasteiger partial charge in [-0.05, 0) is 25.8 Å². The lowest BCUT2D eigenvalue weighted by Crippen LogP contribution is -2.25. The summed E-state index contributed by atoms with van der Waals surface area (Å²) in [5.41, 5.74) is 1.20. The molecule has 1 saturated heterocycles. The molecule has 0 spiro atoms. The van der Waals surface area contributed by atoms with Crippen molar-refractivity contribution in [2.45, 2.75) is 45.2 Å². The number of rotatable bonds is 6. The minimum atomic E-state index is 0.121. The Kier molecular flexibility index (Phi) is 4.75. The Morgan fingerprint density at radius 3 is 3.28 bits per heavy atom. The van der Waals surface area contributed by atoms with Gasteiger partial charge in [-0.3, -0.25) is 4.79 Å².